The Morgan fingerprint density at radius 2 is 0.907 bits per heavy atom. The van der Waals surface area contributed by atoms with E-state index in [1.807, 2.05) is 0 Å². The summed E-state index contributed by atoms with van der Waals surface area (Å²) < 4.78 is 0. The van der Waals surface area contributed by atoms with E-state index < -0.39 is 0 Å². The number of H-pyrrole nitrogens is 2. The lowest BCUT2D eigenvalue weighted by Gasteiger charge is -2.10. The smallest absolute Gasteiger partial charge is 0.112 e. The van der Waals surface area contributed by atoms with Gasteiger partial charge >= 0.3 is 0 Å². The molecule has 0 saturated heterocycles. The van der Waals surface area contributed by atoms with Gasteiger partial charge in [-0.3, -0.25) is 4.99 Å². The average molecular weight is 572 g/mol. The van der Waals surface area contributed by atoms with Crippen molar-refractivity contribution in [2.45, 2.75) is 103 Å². The maximum Gasteiger partial charge on any atom is 0.112 e. The first-order valence-corrected chi connectivity index (χ1v) is 15.5. The lowest BCUT2D eigenvalue weighted by Crippen LogP contribution is -2.19. The number of allylic oxidation sites excluding steroid dienone is 7. The highest BCUT2D eigenvalue weighted by molar-refractivity contribution is 6.29. The van der Waals surface area contributed by atoms with Crippen molar-refractivity contribution >= 4 is 28.3 Å². The van der Waals surface area contributed by atoms with Gasteiger partial charge in [-0.15, -0.1) is 0 Å². The molecule has 4 aliphatic rings. The third-order valence-corrected chi connectivity index (χ3v) is 10.9. The number of aromatic nitrogens is 2. The summed E-state index contributed by atoms with van der Waals surface area (Å²) in [6.45, 7) is 30.9. The quantitative estimate of drug-likeness (QED) is 0.322. The summed E-state index contributed by atoms with van der Waals surface area (Å²) in [5.41, 5.74) is 24.7. The highest BCUT2D eigenvalue weighted by atomic mass is 14.9. The third-order valence-electron chi connectivity index (χ3n) is 10.9. The fourth-order valence-corrected chi connectivity index (χ4v) is 7.37. The maximum atomic E-state index is 5.39. The Bertz CT molecular complexity index is 2080. The molecule has 0 aromatic carbocycles. The van der Waals surface area contributed by atoms with Crippen molar-refractivity contribution in [2.75, 3.05) is 0 Å². The molecule has 2 aromatic rings. The van der Waals surface area contributed by atoms with E-state index in [1.165, 1.54) is 83.6 Å². The molecule has 4 aliphatic heterocycles. The molecule has 0 spiro atoms. The van der Waals surface area contributed by atoms with Gasteiger partial charge in [0, 0.05) is 33.2 Å². The first-order chi connectivity index (χ1) is 20.2. The second-order valence-corrected chi connectivity index (χ2v) is 13.1. The van der Waals surface area contributed by atoms with Crippen LogP contribution in [0.2, 0.25) is 0 Å². The fourth-order valence-electron chi connectivity index (χ4n) is 7.37. The molecule has 2 N–H and O–H groups in total. The minimum absolute atomic E-state index is 0.0358. The highest BCUT2D eigenvalue weighted by Crippen LogP contribution is 2.41. The van der Waals surface area contributed by atoms with E-state index in [4.69, 9.17) is 15.0 Å². The van der Waals surface area contributed by atoms with E-state index in [-0.39, 0.29) is 6.04 Å². The van der Waals surface area contributed by atoms with Gasteiger partial charge < -0.3 is 9.97 Å². The van der Waals surface area contributed by atoms with Crippen LogP contribution in [0.1, 0.15) is 109 Å². The van der Waals surface area contributed by atoms with Gasteiger partial charge in [-0.1, -0.05) is 0 Å². The van der Waals surface area contributed by atoms with Crippen molar-refractivity contribution in [3.63, 3.8) is 0 Å². The normalized spacial score (nSPS) is 20.9. The van der Waals surface area contributed by atoms with Crippen LogP contribution < -0.4 is 10.7 Å². The van der Waals surface area contributed by atoms with Gasteiger partial charge in [0.05, 0.1) is 28.5 Å². The van der Waals surface area contributed by atoms with Crippen LogP contribution in [0.5, 0.6) is 0 Å². The number of hydrogen-bond acceptors (Lipinski definition) is 3. The van der Waals surface area contributed by atoms with Crippen molar-refractivity contribution < 1.29 is 0 Å². The molecule has 6 heterocycles. The monoisotopic (exact) mass is 571 g/mol. The van der Waals surface area contributed by atoms with Gasteiger partial charge in [-0.05, 0) is 164 Å². The summed E-state index contributed by atoms with van der Waals surface area (Å²) in [6, 6.07) is -0.0358. The van der Waals surface area contributed by atoms with E-state index in [9.17, 15) is 0 Å². The van der Waals surface area contributed by atoms with Crippen LogP contribution in [-0.4, -0.2) is 27.1 Å². The van der Waals surface area contributed by atoms with E-state index >= 15 is 0 Å². The summed E-state index contributed by atoms with van der Waals surface area (Å²) >= 11 is 0. The lowest BCUT2D eigenvalue weighted by atomic mass is 9.95. The minimum Gasteiger partial charge on any atom is -0.356 e. The number of fused-ring (bicyclic) bond motifs is 8. The zero-order chi connectivity index (χ0) is 31.4. The predicted octanol–water partition coefficient (Wildman–Crippen LogP) is 7.94. The molecule has 6 rings (SSSR count). The Kier molecular flexibility index (Phi) is 6.61. The van der Waals surface area contributed by atoms with Gasteiger partial charge in [-0.2, -0.15) is 0 Å². The Hall–Kier alpha value is -3.99. The molecule has 0 fully saturated rings. The standard InChI is InChI=1S/C38H45N5/c1-15-16(2)30-26(12)32-18(4)20(6)34(41-32)28(14)36-22(8)24(10)38(43-36)37-23(9)21(7)35(42-37)27(13)33-19(5)17(3)31(40-33)25(11)29(15)39-30/h37,41,43H,1-14H3. The summed E-state index contributed by atoms with van der Waals surface area (Å²) in [6.07, 6.45) is 0. The highest BCUT2D eigenvalue weighted by Gasteiger charge is 2.32. The number of aromatic amines is 2. The molecule has 0 saturated carbocycles. The van der Waals surface area contributed by atoms with Gasteiger partial charge in [0.2, 0.25) is 0 Å². The van der Waals surface area contributed by atoms with Crippen molar-refractivity contribution in [1.29, 1.82) is 0 Å². The van der Waals surface area contributed by atoms with Crippen LogP contribution in [0.15, 0.2) is 71.0 Å². The predicted molar refractivity (Wildman–Crippen MR) is 183 cm³/mol. The van der Waals surface area contributed by atoms with Crippen molar-refractivity contribution in [3.8, 4) is 0 Å². The molecule has 0 aliphatic carbocycles. The summed E-state index contributed by atoms with van der Waals surface area (Å²) in [5, 5.41) is 2.33. The Morgan fingerprint density at radius 3 is 1.47 bits per heavy atom. The van der Waals surface area contributed by atoms with Crippen LogP contribution >= 0.6 is 0 Å². The molecule has 43 heavy (non-hydrogen) atoms. The van der Waals surface area contributed by atoms with Gasteiger partial charge in [0.15, 0.2) is 0 Å². The number of rotatable bonds is 0. The Labute approximate surface area is 256 Å². The Balaban J connectivity index is 1.77. The molecule has 222 valence electrons. The van der Waals surface area contributed by atoms with Crippen molar-refractivity contribution in [3.05, 3.63) is 100 Å². The van der Waals surface area contributed by atoms with Crippen LogP contribution in [0.3, 0.4) is 0 Å². The molecule has 0 amide bonds. The summed E-state index contributed by atoms with van der Waals surface area (Å²) in [4.78, 5) is 23.7. The first kappa shape index (κ1) is 29.1. The molecule has 5 heteroatoms. The van der Waals surface area contributed by atoms with E-state index in [0.29, 0.717) is 0 Å². The molecule has 1 atom stereocenters. The number of hydrogen-bond donors (Lipinski definition) is 2. The molecule has 2 aromatic heterocycles. The zero-order valence-corrected chi connectivity index (χ0v) is 28.4. The van der Waals surface area contributed by atoms with Crippen molar-refractivity contribution in [1.82, 2.24) is 9.97 Å². The number of aliphatic imine (C=N–C) groups is 3. The zero-order valence-electron chi connectivity index (χ0n) is 28.4. The fraction of sp³-hybridized carbons (Fsp3) is 0.395. The van der Waals surface area contributed by atoms with Crippen LogP contribution in [0.4, 0.5) is 0 Å². The van der Waals surface area contributed by atoms with Gasteiger partial charge in [-0.25, -0.2) is 9.98 Å². The summed E-state index contributed by atoms with van der Waals surface area (Å²) in [7, 11) is 0. The molecule has 10 bridgehead atoms. The summed E-state index contributed by atoms with van der Waals surface area (Å²) in [5.74, 6) is 0. The third kappa shape index (κ3) is 3.93. The van der Waals surface area contributed by atoms with Crippen LogP contribution in [-0.2, 0) is 0 Å². The number of nitrogens with one attached hydrogen (secondary N) is 2. The van der Waals surface area contributed by atoms with E-state index in [2.05, 4.69) is 107 Å². The van der Waals surface area contributed by atoms with Gasteiger partial charge in [0.25, 0.3) is 0 Å². The molecular formula is C38H45N5. The minimum atomic E-state index is -0.0358. The molecule has 5 nitrogen and oxygen atoms in total. The van der Waals surface area contributed by atoms with Crippen LogP contribution in [0, 0.1) is 27.7 Å². The second-order valence-electron chi connectivity index (χ2n) is 13.1. The maximum absolute atomic E-state index is 5.39. The average Bonchev–Trinajstić information content (AvgIpc) is 3.72. The van der Waals surface area contributed by atoms with E-state index in [1.54, 1.807) is 0 Å². The van der Waals surface area contributed by atoms with Gasteiger partial charge in [0.1, 0.15) is 6.04 Å². The topological polar surface area (TPSA) is 68.7 Å². The lowest BCUT2D eigenvalue weighted by molar-refractivity contribution is 0.824. The van der Waals surface area contributed by atoms with E-state index in [0.717, 1.165) is 45.0 Å². The first-order valence-electron chi connectivity index (χ1n) is 15.5. The largest absolute Gasteiger partial charge is 0.356 e. The van der Waals surface area contributed by atoms with Crippen LogP contribution in [0.25, 0.3) is 11.1 Å². The molecule has 0 radical (unpaired) electrons. The Morgan fingerprint density at radius 1 is 0.419 bits per heavy atom. The molecular weight excluding hydrogens is 526 g/mol. The molecule has 1 unspecified atom stereocenters. The van der Waals surface area contributed by atoms with Crippen molar-refractivity contribution in [2.24, 2.45) is 15.0 Å². The SMILES string of the molecule is CC1=C(C)C2=C(C)C3=NC(=C(C)C4=NC(C(C)=C4C)c4[nH]c(c(C)c4C)C(C)=c4[nH]c(c(C)c4C)=C(C)C1=N2)C(C)=C3C. The number of nitrogens with zero attached hydrogens (tertiary/aromatic N) is 3. The second kappa shape index (κ2) is 9.77.